The summed E-state index contributed by atoms with van der Waals surface area (Å²) in [5, 5.41) is 4.44. The highest BCUT2D eigenvalue weighted by atomic mass is 19.1. The predicted molar refractivity (Wildman–Crippen MR) is 84.5 cm³/mol. The van der Waals surface area contributed by atoms with Gasteiger partial charge in [-0.15, -0.1) is 0 Å². The normalized spacial score (nSPS) is 12.8. The van der Waals surface area contributed by atoms with Gasteiger partial charge in [-0.1, -0.05) is 0 Å². The molecule has 2 aromatic rings. The van der Waals surface area contributed by atoms with Crippen LogP contribution in [0.15, 0.2) is 24.3 Å². The van der Waals surface area contributed by atoms with Crippen LogP contribution < -0.4 is 0 Å². The zero-order valence-corrected chi connectivity index (χ0v) is 13.6. The summed E-state index contributed by atoms with van der Waals surface area (Å²) in [6, 6.07) is 5.99. The molecule has 0 bridgehead atoms. The lowest BCUT2D eigenvalue weighted by Crippen LogP contribution is -2.33. The molecule has 0 saturated carbocycles. The lowest BCUT2D eigenvalue weighted by atomic mass is 10.2. The van der Waals surface area contributed by atoms with E-state index in [0.717, 1.165) is 30.5 Å². The number of hydrogen-bond donors (Lipinski definition) is 0. The van der Waals surface area contributed by atoms with Crippen molar-refractivity contribution in [2.24, 2.45) is 0 Å². The fraction of sp³-hybridized carbons (Fsp3) is 0.353. The number of halogens is 1. The van der Waals surface area contributed by atoms with Crippen LogP contribution in [-0.4, -0.2) is 47.3 Å². The summed E-state index contributed by atoms with van der Waals surface area (Å²) in [5.41, 5.74) is 2.93. The third kappa shape index (κ3) is 2.89. The highest BCUT2D eigenvalue weighted by Crippen LogP contribution is 2.28. The highest BCUT2D eigenvalue weighted by molar-refractivity contribution is 5.95. The van der Waals surface area contributed by atoms with Crippen LogP contribution in [0.5, 0.6) is 0 Å². The maximum Gasteiger partial charge on any atom is 0.325 e. The molecule has 1 heterocycles. The van der Waals surface area contributed by atoms with Gasteiger partial charge in [0.25, 0.3) is 5.91 Å². The molecule has 6 nitrogen and oxygen atoms in total. The van der Waals surface area contributed by atoms with Gasteiger partial charge in [-0.2, -0.15) is 5.10 Å². The Morgan fingerprint density at radius 1 is 1.29 bits per heavy atom. The molecule has 1 aliphatic rings. The molecule has 0 saturated heterocycles. The van der Waals surface area contributed by atoms with E-state index in [4.69, 9.17) is 0 Å². The smallest absolute Gasteiger partial charge is 0.325 e. The third-order valence-corrected chi connectivity index (χ3v) is 4.14. The second-order valence-electron chi connectivity index (χ2n) is 5.75. The number of carbonyl (C=O) groups excluding carboxylic acids is 2. The number of amides is 1. The van der Waals surface area contributed by atoms with Gasteiger partial charge in [-0.3, -0.25) is 9.59 Å². The number of nitrogens with zero attached hydrogens (tertiary/aromatic N) is 3. The van der Waals surface area contributed by atoms with Gasteiger partial charge in [-0.25, -0.2) is 9.07 Å². The molecule has 0 aliphatic heterocycles. The van der Waals surface area contributed by atoms with E-state index in [-0.39, 0.29) is 18.3 Å². The Kier molecular flexibility index (Phi) is 4.33. The summed E-state index contributed by atoms with van der Waals surface area (Å²) in [5.74, 6) is -1.13. The largest absolute Gasteiger partial charge is 0.468 e. The van der Waals surface area contributed by atoms with Gasteiger partial charge in [0.05, 0.1) is 12.8 Å². The molecule has 1 amide bonds. The van der Waals surface area contributed by atoms with Crippen molar-refractivity contribution >= 4 is 11.9 Å². The number of aromatic nitrogens is 2. The number of likely N-dealkylation sites (N-methyl/N-ethyl adjacent to an activating group) is 1. The molecule has 0 atom stereocenters. The molecule has 0 radical (unpaired) electrons. The van der Waals surface area contributed by atoms with Gasteiger partial charge < -0.3 is 9.64 Å². The zero-order valence-electron chi connectivity index (χ0n) is 13.6. The first-order valence-electron chi connectivity index (χ1n) is 7.70. The van der Waals surface area contributed by atoms with Crippen molar-refractivity contribution in [2.45, 2.75) is 19.3 Å². The molecular weight excluding hydrogens is 313 g/mol. The molecular formula is C17H18FN3O3. The van der Waals surface area contributed by atoms with E-state index in [2.05, 4.69) is 9.84 Å². The van der Waals surface area contributed by atoms with Gasteiger partial charge in [0.2, 0.25) is 0 Å². The maximum atomic E-state index is 13.1. The van der Waals surface area contributed by atoms with Crippen molar-refractivity contribution in [3.63, 3.8) is 0 Å². The average molecular weight is 331 g/mol. The Morgan fingerprint density at radius 2 is 2.00 bits per heavy atom. The van der Waals surface area contributed by atoms with Crippen molar-refractivity contribution < 1.29 is 18.7 Å². The average Bonchev–Trinajstić information content (AvgIpc) is 3.17. The monoisotopic (exact) mass is 331 g/mol. The van der Waals surface area contributed by atoms with E-state index in [1.807, 2.05) is 0 Å². The van der Waals surface area contributed by atoms with E-state index >= 15 is 0 Å². The van der Waals surface area contributed by atoms with Crippen LogP contribution in [0.3, 0.4) is 0 Å². The number of ether oxygens (including phenoxy) is 1. The van der Waals surface area contributed by atoms with Crippen molar-refractivity contribution in [1.29, 1.82) is 0 Å². The van der Waals surface area contributed by atoms with Crippen LogP contribution in [0, 0.1) is 5.82 Å². The van der Waals surface area contributed by atoms with E-state index in [9.17, 15) is 14.0 Å². The van der Waals surface area contributed by atoms with Crippen LogP contribution in [0.4, 0.5) is 4.39 Å². The van der Waals surface area contributed by atoms with Crippen LogP contribution in [0.1, 0.15) is 28.2 Å². The number of esters is 1. The van der Waals surface area contributed by atoms with E-state index < -0.39 is 5.97 Å². The van der Waals surface area contributed by atoms with E-state index in [1.165, 1.54) is 31.2 Å². The van der Waals surface area contributed by atoms with E-state index in [1.54, 1.807) is 16.8 Å². The van der Waals surface area contributed by atoms with Gasteiger partial charge in [-0.05, 0) is 43.5 Å². The predicted octanol–water partition coefficient (Wildman–Crippen LogP) is 1.75. The molecule has 0 unspecified atom stereocenters. The SMILES string of the molecule is COC(=O)CN(C)C(=O)c1nn(-c2ccc(F)cc2)c2c1CCC2. The van der Waals surface area contributed by atoms with Gasteiger partial charge in [0.15, 0.2) is 5.69 Å². The molecule has 126 valence electrons. The molecule has 24 heavy (non-hydrogen) atoms. The quantitative estimate of drug-likeness (QED) is 0.801. The van der Waals surface area contributed by atoms with Crippen LogP contribution >= 0.6 is 0 Å². The lowest BCUT2D eigenvalue weighted by Gasteiger charge is -2.14. The number of hydrogen-bond acceptors (Lipinski definition) is 4. The first-order valence-corrected chi connectivity index (χ1v) is 7.70. The number of methoxy groups -OCH3 is 1. The van der Waals surface area contributed by atoms with Crippen molar-refractivity contribution in [3.8, 4) is 5.69 Å². The summed E-state index contributed by atoms with van der Waals surface area (Å²) < 4.78 is 19.4. The first-order chi connectivity index (χ1) is 11.5. The molecule has 1 aromatic carbocycles. The van der Waals surface area contributed by atoms with Gasteiger partial charge in [0.1, 0.15) is 12.4 Å². The number of rotatable bonds is 4. The summed E-state index contributed by atoms with van der Waals surface area (Å²) in [6.07, 6.45) is 2.52. The van der Waals surface area contributed by atoms with Crippen LogP contribution in [-0.2, 0) is 22.4 Å². The number of benzene rings is 1. The molecule has 3 rings (SSSR count). The fourth-order valence-electron chi connectivity index (χ4n) is 2.92. The molecule has 0 spiro atoms. The first kappa shape index (κ1) is 16.2. The number of carbonyl (C=O) groups is 2. The molecule has 7 heteroatoms. The Labute approximate surface area is 138 Å². The summed E-state index contributed by atoms with van der Waals surface area (Å²) in [7, 11) is 2.82. The third-order valence-electron chi connectivity index (χ3n) is 4.14. The number of fused-ring (bicyclic) bond motifs is 1. The standard InChI is InChI=1S/C17H18FN3O3/c1-20(10-15(22)24-2)17(23)16-13-4-3-5-14(13)21(19-16)12-8-6-11(18)7-9-12/h6-9H,3-5,10H2,1-2H3. The van der Waals surface area contributed by atoms with Gasteiger partial charge in [0, 0.05) is 18.3 Å². The minimum Gasteiger partial charge on any atom is -0.468 e. The van der Waals surface area contributed by atoms with Crippen molar-refractivity contribution in [2.75, 3.05) is 20.7 Å². The Hall–Kier alpha value is -2.70. The molecule has 1 aliphatic carbocycles. The van der Waals surface area contributed by atoms with Crippen molar-refractivity contribution in [1.82, 2.24) is 14.7 Å². The minimum atomic E-state index is -0.486. The second kappa shape index (κ2) is 6.43. The van der Waals surface area contributed by atoms with E-state index in [0.29, 0.717) is 11.4 Å². The summed E-state index contributed by atoms with van der Waals surface area (Å²) in [4.78, 5) is 25.3. The minimum absolute atomic E-state index is 0.131. The van der Waals surface area contributed by atoms with Crippen LogP contribution in [0.2, 0.25) is 0 Å². The molecule has 0 fully saturated rings. The summed E-state index contributed by atoms with van der Waals surface area (Å²) >= 11 is 0. The lowest BCUT2D eigenvalue weighted by molar-refractivity contribution is -0.141. The van der Waals surface area contributed by atoms with Crippen molar-refractivity contribution in [3.05, 3.63) is 47.0 Å². The fourth-order valence-corrected chi connectivity index (χ4v) is 2.92. The Morgan fingerprint density at radius 3 is 2.67 bits per heavy atom. The Balaban J connectivity index is 1.95. The van der Waals surface area contributed by atoms with Crippen LogP contribution in [0.25, 0.3) is 5.69 Å². The Bertz CT molecular complexity index is 783. The summed E-state index contributed by atoms with van der Waals surface area (Å²) in [6.45, 7) is -0.131. The second-order valence-corrected chi connectivity index (χ2v) is 5.75. The van der Waals surface area contributed by atoms with Gasteiger partial charge >= 0.3 is 5.97 Å². The zero-order chi connectivity index (χ0) is 17.3. The topological polar surface area (TPSA) is 64.4 Å². The molecule has 1 aromatic heterocycles. The molecule has 0 N–H and O–H groups in total. The maximum absolute atomic E-state index is 13.1. The highest BCUT2D eigenvalue weighted by Gasteiger charge is 2.29.